The molecule has 1 fully saturated rings. The number of halogens is 4. The first-order valence-corrected chi connectivity index (χ1v) is 10.9. The molecule has 0 bridgehead atoms. The highest BCUT2D eigenvalue weighted by atomic mass is 19.3. The molecule has 0 unspecified atom stereocenters. The zero-order valence-corrected chi connectivity index (χ0v) is 17.8. The first-order valence-electron chi connectivity index (χ1n) is 10.9. The van der Waals surface area contributed by atoms with Gasteiger partial charge in [0.2, 0.25) is 0 Å². The summed E-state index contributed by atoms with van der Waals surface area (Å²) >= 11 is 0. The van der Waals surface area contributed by atoms with Crippen LogP contribution in [0.5, 0.6) is 0 Å². The topological polar surface area (TPSA) is 70.5 Å². The summed E-state index contributed by atoms with van der Waals surface area (Å²) in [5.74, 6) is 0.393. The summed E-state index contributed by atoms with van der Waals surface area (Å²) in [6.45, 7) is -0.524. The van der Waals surface area contributed by atoms with Crippen LogP contribution in [0.4, 0.5) is 29.1 Å². The number of anilines is 2. The largest absolute Gasteiger partial charge is 0.379 e. The predicted octanol–water partition coefficient (Wildman–Crippen LogP) is 5.10. The van der Waals surface area contributed by atoms with Crippen LogP contribution in [0.25, 0.3) is 5.65 Å². The van der Waals surface area contributed by atoms with Gasteiger partial charge in [-0.25, -0.2) is 22.5 Å². The Morgan fingerprint density at radius 3 is 2.45 bits per heavy atom. The first-order chi connectivity index (χ1) is 15.9. The summed E-state index contributed by atoms with van der Waals surface area (Å²) in [4.78, 5) is 16.7. The maximum atomic E-state index is 13.0. The molecule has 0 spiro atoms. The predicted molar refractivity (Wildman–Crippen MR) is 118 cm³/mol. The van der Waals surface area contributed by atoms with Gasteiger partial charge in [0.25, 0.3) is 18.8 Å². The van der Waals surface area contributed by atoms with E-state index in [-0.39, 0.29) is 23.7 Å². The summed E-state index contributed by atoms with van der Waals surface area (Å²) in [6.07, 6.45) is -0.776. The summed E-state index contributed by atoms with van der Waals surface area (Å²) in [5, 5.41) is 9.02. The van der Waals surface area contributed by atoms with Crippen LogP contribution in [0.3, 0.4) is 0 Å². The molecular weight excluding hydrogens is 438 g/mol. The second kappa shape index (κ2) is 10.1. The van der Waals surface area contributed by atoms with Gasteiger partial charge in [-0.05, 0) is 49.9 Å². The molecule has 0 atom stereocenters. The molecular formula is C23H25F4N5O. The van der Waals surface area contributed by atoms with Gasteiger partial charge in [-0.3, -0.25) is 9.20 Å². The van der Waals surface area contributed by atoms with Crippen molar-refractivity contribution in [2.24, 2.45) is 0 Å². The van der Waals surface area contributed by atoms with E-state index in [0.29, 0.717) is 22.7 Å². The number of para-hydroxylation sites is 1. The average Bonchev–Trinajstić information content (AvgIpc) is 3.25. The van der Waals surface area contributed by atoms with Gasteiger partial charge in [0, 0.05) is 24.0 Å². The number of hydrogen-bond acceptors (Lipinski definition) is 4. The normalized spacial score (nSPS) is 18.6. The Hall–Kier alpha value is -3.30. The van der Waals surface area contributed by atoms with Crippen molar-refractivity contribution in [3.8, 4) is 0 Å². The zero-order valence-electron chi connectivity index (χ0n) is 17.8. The number of nitrogens with one attached hydrogen (secondary N) is 3. The Balaban J connectivity index is 1.34. The smallest absolute Gasteiger partial charge is 0.281 e. The Bertz CT molecular complexity index is 1100. The van der Waals surface area contributed by atoms with Crippen molar-refractivity contribution >= 4 is 23.1 Å². The third-order valence-corrected chi connectivity index (χ3v) is 5.77. The number of carbonyl (C=O) groups is 1. The molecule has 1 saturated carbocycles. The van der Waals surface area contributed by atoms with E-state index < -0.39 is 19.4 Å². The minimum atomic E-state index is -2.63. The van der Waals surface area contributed by atoms with Crippen molar-refractivity contribution in [2.75, 3.05) is 17.2 Å². The van der Waals surface area contributed by atoms with E-state index in [0.717, 1.165) is 25.7 Å². The van der Waals surface area contributed by atoms with Gasteiger partial charge in [0.1, 0.15) is 17.2 Å². The Kier molecular flexibility index (Phi) is 7.00. The molecule has 6 nitrogen and oxygen atoms in total. The zero-order chi connectivity index (χ0) is 23.4. The maximum absolute atomic E-state index is 13.0. The Morgan fingerprint density at radius 1 is 1.00 bits per heavy atom. The minimum absolute atomic E-state index is 0.0341. The van der Waals surface area contributed by atoms with E-state index in [1.54, 1.807) is 40.8 Å². The van der Waals surface area contributed by atoms with Gasteiger partial charge in [-0.2, -0.15) is 0 Å². The van der Waals surface area contributed by atoms with Crippen molar-refractivity contribution in [2.45, 2.75) is 50.6 Å². The third kappa shape index (κ3) is 5.55. The fraction of sp³-hybridized carbons (Fsp3) is 0.391. The van der Waals surface area contributed by atoms with Crippen molar-refractivity contribution in [3.05, 3.63) is 59.9 Å². The standard InChI is InChI=1S/C23H25F4N5O/c24-19(25)12-28-17-5-2-1-4-16(17)23(33)30-15-10-8-14(9-11-15)29-20-6-3-7-21-31-18(22(26)27)13-32(20)21/h1-7,13-15,19,22,28-29H,8-12H2,(H,30,33)/t14-,15+. The number of rotatable bonds is 8. The molecule has 176 valence electrons. The Morgan fingerprint density at radius 2 is 1.73 bits per heavy atom. The SMILES string of the molecule is O=C(N[C@H]1CC[C@@H](Nc2cccc3nc(C(F)F)cn23)CC1)c1ccccc1NCC(F)F. The molecule has 1 aromatic carbocycles. The number of carbonyl (C=O) groups excluding carboxylic acids is 1. The number of imidazole rings is 1. The molecule has 1 aliphatic rings. The van der Waals surface area contributed by atoms with Crippen molar-refractivity contribution < 1.29 is 22.4 Å². The lowest BCUT2D eigenvalue weighted by atomic mass is 9.91. The van der Waals surface area contributed by atoms with Crippen molar-refractivity contribution in [1.82, 2.24) is 14.7 Å². The summed E-state index contributed by atoms with van der Waals surface area (Å²) < 4.78 is 52.7. The summed E-state index contributed by atoms with van der Waals surface area (Å²) in [7, 11) is 0. The van der Waals surface area contributed by atoms with Gasteiger partial charge < -0.3 is 16.0 Å². The van der Waals surface area contributed by atoms with Crippen LogP contribution < -0.4 is 16.0 Å². The molecule has 3 N–H and O–H groups in total. The number of benzene rings is 1. The number of nitrogens with zero attached hydrogens (tertiary/aromatic N) is 2. The molecule has 1 aliphatic carbocycles. The molecule has 3 aromatic rings. The second-order valence-corrected chi connectivity index (χ2v) is 8.09. The molecule has 2 heterocycles. The lowest BCUT2D eigenvalue weighted by Gasteiger charge is -2.30. The van der Waals surface area contributed by atoms with Gasteiger partial charge >= 0.3 is 0 Å². The molecule has 0 radical (unpaired) electrons. The van der Waals surface area contributed by atoms with Crippen LogP contribution in [0.2, 0.25) is 0 Å². The molecule has 2 aromatic heterocycles. The maximum Gasteiger partial charge on any atom is 0.281 e. The highest BCUT2D eigenvalue weighted by Crippen LogP contribution is 2.26. The second-order valence-electron chi connectivity index (χ2n) is 8.09. The van der Waals surface area contributed by atoms with E-state index in [1.165, 1.54) is 6.20 Å². The van der Waals surface area contributed by atoms with Crippen molar-refractivity contribution in [1.29, 1.82) is 0 Å². The fourth-order valence-electron chi connectivity index (χ4n) is 4.13. The molecule has 0 aliphatic heterocycles. The first kappa shape index (κ1) is 22.9. The van der Waals surface area contributed by atoms with Crippen LogP contribution in [0.15, 0.2) is 48.7 Å². The lowest BCUT2D eigenvalue weighted by molar-refractivity contribution is 0.0927. The number of amides is 1. The van der Waals surface area contributed by atoms with Gasteiger partial charge in [0.05, 0.1) is 12.1 Å². The molecule has 10 heteroatoms. The highest BCUT2D eigenvalue weighted by Gasteiger charge is 2.24. The lowest BCUT2D eigenvalue weighted by Crippen LogP contribution is -2.40. The van der Waals surface area contributed by atoms with E-state index in [2.05, 4.69) is 20.9 Å². The molecule has 33 heavy (non-hydrogen) atoms. The van der Waals surface area contributed by atoms with Gasteiger partial charge in [-0.1, -0.05) is 18.2 Å². The third-order valence-electron chi connectivity index (χ3n) is 5.77. The number of fused-ring (bicyclic) bond motifs is 1. The molecule has 1 amide bonds. The monoisotopic (exact) mass is 463 g/mol. The number of pyridine rings is 1. The van der Waals surface area contributed by atoms with Crippen LogP contribution in [0, 0.1) is 0 Å². The van der Waals surface area contributed by atoms with Crippen LogP contribution >= 0.6 is 0 Å². The fourth-order valence-corrected chi connectivity index (χ4v) is 4.13. The van der Waals surface area contributed by atoms with Crippen molar-refractivity contribution in [3.63, 3.8) is 0 Å². The van der Waals surface area contributed by atoms with Crippen LogP contribution in [-0.4, -0.2) is 40.3 Å². The van der Waals surface area contributed by atoms with Gasteiger partial charge in [0.15, 0.2) is 0 Å². The van der Waals surface area contributed by atoms with Gasteiger partial charge in [-0.15, -0.1) is 0 Å². The van der Waals surface area contributed by atoms with E-state index >= 15 is 0 Å². The average molecular weight is 463 g/mol. The van der Waals surface area contributed by atoms with E-state index in [1.807, 2.05) is 6.07 Å². The van der Waals surface area contributed by atoms with Crippen LogP contribution in [0.1, 0.15) is 48.2 Å². The number of hydrogen-bond donors (Lipinski definition) is 3. The number of alkyl halides is 4. The van der Waals surface area contributed by atoms with Crippen LogP contribution in [-0.2, 0) is 0 Å². The Labute approximate surface area is 188 Å². The van der Waals surface area contributed by atoms with E-state index in [9.17, 15) is 22.4 Å². The molecule has 4 rings (SSSR count). The highest BCUT2D eigenvalue weighted by molar-refractivity contribution is 5.99. The quantitative estimate of drug-likeness (QED) is 0.407. The van der Waals surface area contributed by atoms with E-state index in [4.69, 9.17) is 0 Å². The summed E-state index contributed by atoms with van der Waals surface area (Å²) in [6, 6.07) is 12.0. The summed E-state index contributed by atoms with van der Waals surface area (Å²) in [5.41, 5.74) is 0.900. The molecule has 0 saturated heterocycles. The minimum Gasteiger partial charge on any atom is -0.379 e. The number of aromatic nitrogens is 2.